The van der Waals surface area contributed by atoms with E-state index in [1.54, 1.807) is 24.3 Å². The third-order valence-electron chi connectivity index (χ3n) is 4.88. The van der Waals surface area contributed by atoms with Crippen LogP contribution in [0.1, 0.15) is 36.0 Å². The second kappa shape index (κ2) is 7.15. The molecule has 1 aliphatic heterocycles. The van der Waals surface area contributed by atoms with Crippen LogP contribution >= 0.6 is 0 Å². The molecule has 0 bridgehead atoms. The number of nitrogens with zero attached hydrogens (tertiary/aromatic N) is 1. The Labute approximate surface area is 158 Å². The zero-order valence-corrected chi connectivity index (χ0v) is 15.7. The molecular weight excluding hydrogens is 362 g/mol. The number of fused-ring (bicyclic) bond motifs is 2. The van der Waals surface area contributed by atoms with Gasteiger partial charge in [0.1, 0.15) is 5.84 Å². The fourth-order valence-electron chi connectivity index (χ4n) is 3.55. The van der Waals surface area contributed by atoms with Gasteiger partial charge >= 0.3 is 0 Å². The van der Waals surface area contributed by atoms with Crippen molar-refractivity contribution in [2.24, 2.45) is 4.99 Å². The maximum Gasteiger partial charge on any atom is 0.263 e. The van der Waals surface area contributed by atoms with Gasteiger partial charge in [-0.25, -0.2) is 8.42 Å². The molecule has 4 rings (SSSR count). The van der Waals surface area contributed by atoms with Crippen molar-refractivity contribution in [1.29, 1.82) is 0 Å². The van der Waals surface area contributed by atoms with Crippen LogP contribution in [0.25, 0.3) is 0 Å². The van der Waals surface area contributed by atoms with Crippen molar-refractivity contribution >= 4 is 27.5 Å². The Balaban J connectivity index is 1.31. The second-order valence-electron chi connectivity index (χ2n) is 6.82. The average molecular weight is 383 g/mol. The first-order chi connectivity index (χ1) is 13.0. The minimum atomic E-state index is -3.51. The normalized spacial score (nSPS) is 18.0. The zero-order chi connectivity index (χ0) is 18.9. The Bertz CT molecular complexity index is 1030. The zero-order valence-electron chi connectivity index (χ0n) is 14.9. The number of nitrogens with one attached hydrogen (secondary N) is 2. The van der Waals surface area contributed by atoms with Gasteiger partial charge < -0.3 is 5.32 Å². The third kappa shape index (κ3) is 3.73. The number of amides is 1. The molecule has 0 aromatic heterocycles. The fourth-order valence-corrected chi connectivity index (χ4v) is 4.81. The minimum absolute atomic E-state index is 0.0550. The Hall–Kier alpha value is -2.67. The average Bonchev–Trinajstić information content (AvgIpc) is 3.21. The highest BCUT2D eigenvalue weighted by Gasteiger charge is 2.29. The third-order valence-corrected chi connectivity index (χ3v) is 6.27. The lowest BCUT2D eigenvalue weighted by Crippen LogP contribution is -2.22. The Kier molecular flexibility index (Phi) is 4.70. The van der Waals surface area contributed by atoms with E-state index < -0.39 is 10.0 Å². The van der Waals surface area contributed by atoms with E-state index in [0.717, 1.165) is 18.5 Å². The van der Waals surface area contributed by atoms with E-state index in [1.165, 1.54) is 17.5 Å². The van der Waals surface area contributed by atoms with E-state index in [0.29, 0.717) is 30.8 Å². The van der Waals surface area contributed by atoms with Crippen LogP contribution in [0, 0.1) is 0 Å². The van der Waals surface area contributed by atoms with E-state index in [1.807, 2.05) is 6.07 Å². The number of aryl methyl sites for hydroxylation is 2. The van der Waals surface area contributed by atoms with Crippen LogP contribution in [-0.4, -0.2) is 26.7 Å². The molecule has 0 spiro atoms. The molecule has 27 heavy (non-hydrogen) atoms. The molecule has 0 atom stereocenters. The summed E-state index contributed by atoms with van der Waals surface area (Å²) in [6, 6.07) is 12.9. The molecule has 6 nitrogen and oxygen atoms in total. The summed E-state index contributed by atoms with van der Waals surface area (Å²) in [5, 5.41) is 2.93. The van der Waals surface area contributed by atoms with Gasteiger partial charge in [0, 0.05) is 24.2 Å². The van der Waals surface area contributed by atoms with Crippen LogP contribution in [0.5, 0.6) is 0 Å². The molecule has 0 saturated carbocycles. The highest BCUT2D eigenvalue weighted by Crippen LogP contribution is 2.25. The first-order valence-corrected chi connectivity index (χ1v) is 10.6. The van der Waals surface area contributed by atoms with Crippen LogP contribution in [0.3, 0.4) is 0 Å². The summed E-state index contributed by atoms with van der Waals surface area (Å²) in [4.78, 5) is 16.7. The van der Waals surface area contributed by atoms with Crippen LogP contribution in [0.4, 0.5) is 5.69 Å². The number of anilines is 1. The predicted molar refractivity (Wildman–Crippen MR) is 104 cm³/mol. The fraction of sp³-hybridized carbons (Fsp3) is 0.300. The largest absolute Gasteiger partial charge is 0.326 e. The van der Waals surface area contributed by atoms with Crippen molar-refractivity contribution in [2.75, 3.05) is 11.9 Å². The molecule has 0 fully saturated rings. The van der Waals surface area contributed by atoms with Gasteiger partial charge in [0.25, 0.3) is 10.0 Å². The number of sulfonamides is 1. The Morgan fingerprint density at radius 3 is 2.81 bits per heavy atom. The molecule has 2 N–H and O–H groups in total. The van der Waals surface area contributed by atoms with Crippen molar-refractivity contribution in [3.05, 3.63) is 59.2 Å². The standard InChI is InChI=1S/C20H21N3O3S/c24-19(22-16-11-10-14-5-3-6-15(14)13-16)9-4-12-21-20-17-7-1-2-8-18(17)27(25,26)23-20/h1-2,7-8,10-11,13H,3-6,9,12H2,(H,21,23)(H,22,24). The van der Waals surface area contributed by atoms with Gasteiger partial charge in [-0.3, -0.25) is 14.5 Å². The van der Waals surface area contributed by atoms with Crippen molar-refractivity contribution in [3.8, 4) is 0 Å². The quantitative estimate of drug-likeness (QED) is 0.778. The second-order valence-corrected chi connectivity index (χ2v) is 8.47. The molecule has 140 valence electrons. The molecule has 1 aliphatic carbocycles. The summed E-state index contributed by atoms with van der Waals surface area (Å²) in [6.45, 7) is 0.379. The lowest BCUT2D eigenvalue weighted by atomic mass is 10.1. The maximum atomic E-state index is 12.1. The van der Waals surface area contributed by atoms with E-state index in [2.05, 4.69) is 27.2 Å². The number of carbonyl (C=O) groups is 1. The Morgan fingerprint density at radius 1 is 1.11 bits per heavy atom. The van der Waals surface area contributed by atoms with Gasteiger partial charge in [0.15, 0.2) is 0 Å². The van der Waals surface area contributed by atoms with Crippen molar-refractivity contribution < 1.29 is 13.2 Å². The van der Waals surface area contributed by atoms with E-state index in [4.69, 9.17) is 0 Å². The summed E-state index contributed by atoms with van der Waals surface area (Å²) < 4.78 is 26.5. The van der Waals surface area contributed by atoms with Gasteiger partial charge in [0.2, 0.25) is 5.91 Å². The lowest BCUT2D eigenvalue weighted by molar-refractivity contribution is -0.116. The van der Waals surface area contributed by atoms with Gasteiger partial charge in [-0.15, -0.1) is 0 Å². The summed E-state index contributed by atoms with van der Waals surface area (Å²) in [7, 11) is -3.51. The van der Waals surface area contributed by atoms with Crippen LogP contribution in [0.15, 0.2) is 52.4 Å². The summed E-state index contributed by atoms with van der Waals surface area (Å²) >= 11 is 0. The molecule has 7 heteroatoms. The first kappa shape index (κ1) is 17.7. The summed E-state index contributed by atoms with van der Waals surface area (Å²) in [6.07, 6.45) is 4.26. The number of hydrogen-bond donors (Lipinski definition) is 2. The van der Waals surface area contributed by atoms with Crippen molar-refractivity contribution in [2.45, 2.75) is 37.0 Å². The molecule has 2 aromatic carbocycles. The number of rotatable bonds is 5. The number of amidine groups is 1. The highest BCUT2D eigenvalue weighted by molar-refractivity contribution is 7.90. The molecule has 0 radical (unpaired) electrons. The summed E-state index contributed by atoms with van der Waals surface area (Å²) in [5.74, 6) is 0.296. The molecule has 2 aliphatic rings. The minimum Gasteiger partial charge on any atom is -0.326 e. The highest BCUT2D eigenvalue weighted by atomic mass is 32.2. The van der Waals surface area contributed by atoms with Crippen LogP contribution in [0.2, 0.25) is 0 Å². The summed E-state index contributed by atoms with van der Waals surface area (Å²) in [5.41, 5.74) is 4.12. The molecule has 0 unspecified atom stereocenters. The van der Waals surface area contributed by atoms with Crippen molar-refractivity contribution in [3.63, 3.8) is 0 Å². The van der Waals surface area contributed by atoms with Crippen LogP contribution < -0.4 is 10.0 Å². The number of aliphatic imine (C=N–C) groups is 1. The first-order valence-electron chi connectivity index (χ1n) is 9.11. The number of benzene rings is 2. The molecular formula is C20H21N3O3S. The number of carbonyl (C=O) groups excluding carboxylic acids is 1. The van der Waals surface area contributed by atoms with E-state index in [9.17, 15) is 13.2 Å². The molecule has 1 amide bonds. The monoisotopic (exact) mass is 383 g/mol. The maximum absolute atomic E-state index is 12.1. The smallest absolute Gasteiger partial charge is 0.263 e. The SMILES string of the molecule is O=C(CCCN=C1NS(=O)(=O)c2ccccc21)Nc1ccc2c(c1)CCC2. The van der Waals surface area contributed by atoms with Gasteiger partial charge in [-0.2, -0.15) is 0 Å². The van der Waals surface area contributed by atoms with Crippen molar-refractivity contribution in [1.82, 2.24) is 4.72 Å². The topological polar surface area (TPSA) is 87.6 Å². The molecule has 0 saturated heterocycles. The predicted octanol–water partition coefficient (Wildman–Crippen LogP) is 2.63. The van der Waals surface area contributed by atoms with Gasteiger partial charge in [-0.1, -0.05) is 18.2 Å². The van der Waals surface area contributed by atoms with Gasteiger partial charge in [-0.05, 0) is 61.1 Å². The van der Waals surface area contributed by atoms with Gasteiger partial charge in [0.05, 0.1) is 4.90 Å². The van der Waals surface area contributed by atoms with E-state index >= 15 is 0 Å². The molecule has 1 heterocycles. The lowest BCUT2D eigenvalue weighted by Gasteiger charge is -2.07. The Morgan fingerprint density at radius 2 is 1.93 bits per heavy atom. The van der Waals surface area contributed by atoms with E-state index in [-0.39, 0.29) is 10.8 Å². The number of hydrogen-bond acceptors (Lipinski definition) is 4. The van der Waals surface area contributed by atoms with Crippen LogP contribution in [-0.2, 0) is 27.7 Å². The molecule has 2 aromatic rings.